The quantitative estimate of drug-likeness (QED) is 0.357. The van der Waals surface area contributed by atoms with Crippen LogP contribution >= 0.6 is 0 Å². The van der Waals surface area contributed by atoms with Gasteiger partial charge in [-0.2, -0.15) is 0 Å². The van der Waals surface area contributed by atoms with Crippen LogP contribution in [0.1, 0.15) is 21.2 Å². The maximum atomic E-state index is 2.57. The number of allylic oxidation sites excluding steroid dienone is 5. The Balaban J connectivity index is 1.68. The van der Waals surface area contributed by atoms with Crippen LogP contribution in [0.5, 0.6) is 0 Å². The van der Waals surface area contributed by atoms with Gasteiger partial charge < -0.3 is 0 Å². The third kappa shape index (κ3) is 3.59. The summed E-state index contributed by atoms with van der Waals surface area (Å²) >= 11 is -4.41. The van der Waals surface area contributed by atoms with Crippen LogP contribution in [0, 0.1) is 0 Å². The van der Waals surface area contributed by atoms with E-state index in [9.17, 15) is 0 Å². The summed E-state index contributed by atoms with van der Waals surface area (Å²) < 4.78 is 5.94. The normalized spacial score (nSPS) is 17.0. The van der Waals surface area contributed by atoms with Gasteiger partial charge in [-0.1, -0.05) is 0 Å². The molecule has 2 heteroatoms. The van der Waals surface area contributed by atoms with Gasteiger partial charge in [0.15, 0.2) is 0 Å². The molecule has 1 unspecified atom stereocenters. The maximum absolute atomic E-state index is 2.57. The minimum absolute atomic E-state index is 0.702. The number of rotatable bonds is 5. The van der Waals surface area contributed by atoms with E-state index in [0.29, 0.717) is 3.67 Å². The van der Waals surface area contributed by atoms with Crippen LogP contribution in [0.25, 0.3) is 6.08 Å². The van der Waals surface area contributed by atoms with Crippen LogP contribution in [-0.2, 0) is 17.3 Å². The van der Waals surface area contributed by atoms with Crippen molar-refractivity contribution in [1.29, 1.82) is 0 Å². The monoisotopic (exact) mass is 635 g/mol. The molecule has 1 atom stereocenters. The Morgan fingerprint density at radius 2 is 1.39 bits per heavy atom. The van der Waals surface area contributed by atoms with Crippen molar-refractivity contribution >= 4 is 28.5 Å². The number of hydrogen-bond donors (Lipinski definition) is 0. The van der Waals surface area contributed by atoms with E-state index in [4.69, 9.17) is 0 Å². The molecule has 0 bridgehead atoms. The fourth-order valence-electron chi connectivity index (χ4n) is 4.59. The van der Waals surface area contributed by atoms with Crippen LogP contribution in [0.15, 0.2) is 113 Å². The van der Waals surface area contributed by atoms with Crippen molar-refractivity contribution in [2.24, 2.45) is 0 Å². The van der Waals surface area contributed by atoms with Crippen molar-refractivity contribution in [1.82, 2.24) is 0 Å². The van der Waals surface area contributed by atoms with Crippen molar-refractivity contribution in [2.75, 3.05) is 0 Å². The third-order valence-electron chi connectivity index (χ3n) is 5.85. The van der Waals surface area contributed by atoms with Crippen molar-refractivity contribution < 1.29 is 17.3 Å². The molecule has 5 rings (SSSR count). The zero-order chi connectivity index (χ0) is 18.8. The molecule has 0 saturated carbocycles. The summed E-state index contributed by atoms with van der Waals surface area (Å²) in [5.41, 5.74) is 3.05. The van der Waals surface area contributed by atoms with Crippen molar-refractivity contribution in [3.63, 3.8) is 0 Å². The predicted octanol–water partition coefficient (Wildman–Crippen LogP) is 4.75. The van der Waals surface area contributed by atoms with Crippen molar-refractivity contribution in [3.8, 4) is 0 Å². The van der Waals surface area contributed by atoms with E-state index in [-0.39, 0.29) is 0 Å². The molecule has 0 spiro atoms. The van der Waals surface area contributed by atoms with Gasteiger partial charge in [0, 0.05) is 0 Å². The fourth-order valence-corrected chi connectivity index (χ4v) is 76.2. The third-order valence-corrected chi connectivity index (χ3v) is 70.0. The zero-order valence-electron chi connectivity index (χ0n) is 15.8. The fraction of sp³-hybridized carbons (Fsp3) is 0.0769. The average molecular weight is 633 g/mol. The van der Waals surface area contributed by atoms with Crippen LogP contribution in [0.4, 0.5) is 0 Å². The predicted molar refractivity (Wildman–Crippen MR) is 119 cm³/mol. The number of hydrogen-bond acceptors (Lipinski definition) is 0. The summed E-state index contributed by atoms with van der Waals surface area (Å²) in [7, 11) is 0. The van der Waals surface area contributed by atoms with Gasteiger partial charge in [-0.3, -0.25) is 0 Å². The van der Waals surface area contributed by atoms with Gasteiger partial charge in [-0.05, 0) is 0 Å². The molecule has 0 radical (unpaired) electrons. The number of benzene rings is 3. The summed E-state index contributed by atoms with van der Waals surface area (Å²) in [6, 6.07) is 32.2. The molecule has 2 aliphatic carbocycles. The molecule has 0 N–H and O–H groups in total. The van der Waals surface area contributed by atoms with Gasteiger partial charge in [0.05, 0.1) is 0 Å². The summed E-state index contributed by atoms with van der Waals surface area (Å²) in [6.07, 6.45) is 13.3. The van der Waals surface area contributed by atoms with Crippen molar-refractivity contribution in [3.05, 3.63) is 124 Å². The van der Waals surface area contributed by atoms with Gasteiger partial charge >= 0.3 is 180 Å². The van der Waals surface area contributed by atoms with Gasteiger partial charge in [-0.25, -0.2) is 0 Å². The Morgan fingerprint density at radius 3 is 2.04 bits per heavy atom. The van der Waals surface area contributed by atoms with E-state index in [0.717, 1.165) is 0 Å². The standard InChI is InChI=1S/C9H7.2C6H5.C5H5.Hf.Sn.H/c1-2-5-9-7-3-6-8(9)4-1;2*1-2-4-6-5-3-1;1-2-4-5-3-1;;;/h1-7H;2*1-5H;1-3H,4H2;;;. The van der Waals surface area contributed by atoms with Crippen LogP contribution < -0.4 is 7.16 Å². The first-order valence-electron chi connectivity index (χ1n) is 10.0. The van der Waals surface area contributed by atoms with Crippen LogP contribution in [0.3, 0.4) is 0 Å². The van der Waals surface area contributed by atoms with Crippen LogP contribution in [-0.4, -0.2) is 15.3 Å². The molecule has 0 fully saturated rings. The summed E-state index contributed by atoms with van der Waals surface area (Å²) in [6.45, 7) is 0. The first-order chi connectivity index (χ1) is 13.9. The Bertz CT molecular complexity index is 1010. The average Bonchev–Trinajstić information content (AvgIpc) is 3.44. The molecule has 2 aliphatic rings. The zero-order valence-corrected chi connectivity index (χ0v) is 22.7. The van der Waals surface area contributed by atoms with E-state index in [1.54, 1.807) is 12.7 Å². The molecule has 3 aromatic rings. The van der Waals surface area contributed by atoms with E-state index in [2.05, 4.69) is 115 Å². The summed E-state index contributed by atoms with van der Waals surface area (Å²) in [5.74, 6) is 0. The molecule has 135 valence electrons. The summed E-state index contributed by atoms with van der Waals surface area (Å²) in [5, 5.41) is 0. The van der Waals surface area contributed by atoms with Gasteiger partial charge in [0.25, 0.3) is 0 Å². The van der Waals surface area contributed by atoms with E-state index >= 15 is 0 Å². The number of fused-ring (bicyclic) bond motifs is 1. The van der Waals surface area contributed by atoms with E-state index in [1.165, 1.54) is 12.0 Å². The Labute approximate surface area is 178 Å². The molecule has 0 amide bonds. The topological polar surface area (TPSA) is 0 Å². The van der Waals surface area contributed by atoms with Gasteiger partial charge in [0.1, 0.15) is 0 Å². The first-order valence-corrected chi connectivity index (χ1v) is 32.7. The van der Waals surface area contributed by atoms with Crippen LogP contribution in [0.2, 0.25) is 0 Å². The van der Waals surface area contributed by atoms with Crippen molar-refractivity contribution in [2.45, 2.75) is 10.1 Å². The van der Waals surface area contributed by atoms with E-state index in [1.807, 2.05) is 3.33 Å². The second-order valence-electron chi connectivity index (χ2n) is 7.50. The van der Waals surface area contributed by atoms with Gasteiger partial charge in [-0.15, -0.1) is 0 Å². The second kappa shape index (κ2) is 8.50. The molecule has 28 heavy (non-hydrogen) atoms. The Hall–Kier alpha value is -1.45. The molecule has 0 heterocycles. The molecular weight excluding hydrogens is 609 g/mol. The molecule has 0 saturated heterocycles. The molecular formula is C26H23HfSn. The molecule has 0 aliphatic heterocycles. The summed E-state index contributed by atoms with van der Waals surface area (Å²) in [4.78, 5) is 0. The van der Waals surface area contributed by atoms with Gasteiger partial charge in [0.2, 0.25) is 0 Å². The Kier molecular flexibility index (Phi) is 5.64. The SMILES string of the molecule is C1=CC[C]([Hf]([CH]2C=Cc3ccccc32)[SnH]([c]2ccccc2)[c]2ccccc2)=C1. The molecule has 3 aromatic carbocycles. The molecule has 0 nitrogen and oxygen atoms in total. The molecule has 0 aromatic heterocycles. The second-order valence-corrected chi connectivity index (χ2v) is 50.0. The first kappa shape index (κ1) is 18.6. The Morgan fingerprint density at radius 1 is 0.750 bits per heavy atom. The van der Waals surface area contributed by atoms with E-state index < -0.39 is 32.6 Å². The minimum atomic E-state index is -2.21.